The van der Waals surface area contributed by atoms with Gasteiger partial charge in [0.05, 0.1) is 24.3 Å². The van der Waals surface area contributed by atoms with Crippen LogP contribution in [0.4, 0.5) is 0 Å². The predicted molar refractivity (Wildman–Crippen MR) is 69.1 cm³/mol. The smallest absolute Gasteiger partial charge is 0.374 e. The van der Waals surface area contributed by atoms with Crippen LogP contribution in [-0.4, -0.2) is 43.8 Å². The average molecular weight is 293 g/mol. The highest BCUT2D eigenvalue weighted by Gasteiger charge is 2.16. The van der Waals surface area contributed by atoms with Crippen LogP contribution < -0.4 is 4.72 Å². The van der Waals surface area contributed by atoms with Gasteiger partial charge >= 0.3 is 5.97 Å². The first-order valence-corrected chi connectivity index (χ1v) is 7.59. The largest absolute Gasteiger partial charge is 0.460 e. The van der Waals surface area contributed by atoms with Gasteiger partial charge in [0, 0.05) is 12.2 Å². The fraction of sp³-hybridized carbons (Fsp3) is 0.556. The predicted octanol–water partition coefficient (Wildman–Crippen LogP) is 0.106. The molecule has 9 heteroatoms. The molecule has 1 atom stereocenters. The molecule has 0 bridgehead atoms. The van der Waals surface area contributed by atoms with E-state index in [2.05, 4.69) is 27.3 Å². The number of nitrogens with one attached hydrogen (secondary N) is 2. The number of aromatic amines is 1. The van der Waals surface area contributed by atoms with Gasteiger partial charge in [0.15, 0.2) is 0 Å². The van der Waals surface area contributed by atoms with E-state index >= 15 is 0 Å². The van der Waals surface area contributed by atoms with Crippen molar-refractivity contribution in [3.05, 3.63) is 17.7 Å². The molecule has 0 amide bonds. The van der Waals surface area contributed by atoms with Crippen molar-refractivity contribution in [2.75, 3.05) is 19.4 Å². The molecule has 0 aromatic carbocycles. The Morgan fingerprint density at radius 3 is 2.89 bits per heavy atom. The Morgan fingerprint density at radius 2 is 2.33 bits per heavy atom. The van der Waals surface area contributed by atoms with Gasteiger partial charge in [-0.1, -0.05) is 0 Å². The zero-order valence-electron chi connectivity index (χ0n) is 10.0. The molecular weight excluding hydrogens is 278 g/mol. The maximum atomic E-state index is 11.3. The molecule has 0 fully saturated rings. The molecule has 7 nitrogen and oxygen atoms in total. The lowest BCUT2D eigenvalue weighted by Gasteiger charge is -2.08. The normalized spacial score (nSPS) is 13.3. The van der Waals surface area contributed by atoms with Crippen LogP contribution in [0, 0.1) is 0 Å². The van der Waals surface area contributed by atoms with Gasteiger partial charge in [-0.05, 0) is 6.92 Å². The van der Waals surface area contributed by atoms with Crippen molar-refractivity contribution in [2.45, 2.75) is 12.2 Å². The van der Waals surface area contributed by atoms with Crippen molar-refractivity contribution in [1.29, 1.82) is 0 Å². The Hall–Kier alpha value is -1.06. The van der Waals surface area contributed by atoms with Crippen molar-refractivity contribution >= 4 is 28.6 Å². The molecule has 0 radical (unpaired) electrons. The SMILES string of the molecule is CCOC(=O)c1ncc(C(S)CNS(C)(=O)=O)[nH]1. The summed E-state index contributed by atoms with van der Waals surface area (Å²) in [5, 5.41) is -0.421. The Bertz CT molecular complexity index is 512. The van der Waals surface area contributed by atoms with E-state index in [0.717, 1.165) is 6.26 Å². The lowest BCUT2D eigenvalue weighted by atomic mass is 10.3. The monoisotopic (exact) mass is 293 g/mol. The third-order valence-electron chi connectivity index (χ3n) is 1.96. The highest BCUT2D eigenvalue weighted by atomic mass is 32.2. The number of hydrogen-bond acceptors (Lipinski definition) is 6. The summed E-state index contributed by atoms with van der Waals surface area (Å²) in [6, 6.07) is 0. The van der Waals surface area contributed by atoms with Gasteiger partial charge in [-0.15, -0.1) is 0 Å². The second-order valence-electron chi connectivity index (χ2n) is 3.54. The summed E-state index contributed by atoms with van der Waals surface area (Å²) >= 11 is 4.22. The highest BCUT2D eigenvalue weighted by molar-refractivity contribution is 7.88. The molecule has 0 aliphatic heterocycles. The summed E-state index contributed by atoms with van der Waals surface area (Å²) in [5.74, 6) is -0.481. The molecule has 102 valence electrons. The van der Waals surface area contributed by atoms with Gasteiger partial charge < -0.3 is 9.72 Å². The zero-order valence-corrected chi connectivity index (χ0v) is 11.7. The molecule has 0 aliphatic rings. The van der Waals surface area contributed by atoms with E-state index < -0.39 is 21.2 Å². The molecule has 1 heterocycles. The van der Waals surface area contributed by atoms with Crippen molar-refractivity contribution in [2.24, 2.45) is 0 Å². The van der Waals surface area contributed by atoms with Gasteiger partial charge in [0.1, 0.15) is 0 Å². The minimum Gasteiger partial charge on any atom is -0.460 e. The van der Waals surface area contributed by atoms with E-state index in [1.807, 2.05) is 0 Å². The second kappa shape index (κ2) is 6.21. The summed E-state index contributed by atoms with van der Waals surface area (Å²) in [6.45, 7) is 2.06. The van der Waals surface area contributed by atoms with Crippen LogP contribution in [-0.2, 0) is 14.8 Å². The fourth-order valence-corrected chi connectivity index (χ4v) is 1.96. The van der Waals surface area contributed by atoms with Gasteiger partial charge in [0.2, 0.25) is 15.8 Å². The molecule has 18 heavy (non-hydrogen) atoms. The number of carbonyl (C=O) groups is 1. The summed E-state index contributed by atoms with van der Waals surface area (Å²) < 4.78 is 28.9. The molecule has 1 aromatic rings. The molecule has 0 saturated carbocycles. The number of carbonyl (C=O) groups excluding carboxylic acids is 1. The number of hydrogen-bond donors (Lipinski definition) is 3. The maximum absolute atomic E-state index is 11.3. The average Bonchev–Trinajstić information content (AvgIpc) is 2.74. The number of thiol groups is 1. The van der Waals surface area contributed by atoms with Crippen molar-refractivity contribution in [1.82, 2.24) is 14.7 Å². The highest BCUT2D eigenvalue weighted by Crippen LogP contribution is 2.17. The second-order valence-corrected chi connectivity index (χ2v) is 6.00. The standard InChI is InChI=1S/C9H15N3O4S2/c1-3-16-9(13)8-10-4-6(12-8)7(17)5-11-18(2,14)15/h4,7,11,17H,3,5H2,1-2H3,(H,10,12). The number of imidazole rings is 1. The fourth-order valence-electron chi connectivity index (χ4n) is 1.15. The minimum atomic E-state index is -3.27. The van der Waals surface area contributed by atoms with Crippen LogP contribution >= 0.6 is 12.6 Å². The molecular formula is C9H15N3O4S2. The van der Waals surface area contributed by atoms with Gasteiger partial charge in [-0.2, -0.15) is 12.6 Å². The molecule has 1 aromatic heterocycles. The van der Waals surface area contributed by atoms with E-state index in [4.69, 9.17) is 4.74 Å². The summed E-state index contributed by atoms with van der Waals surface area (Å²) in [7, 11) is -3.27. The van der Waals surface area contributed by atoms with Gasteiger partial charge in [-0.3, -0.25) is 0 Å². The van der Waals surface area contributed by atoms with Crippen LogP contribution in [0.1, 0.15) is 28.5 Å². The topological polar surface area (TPSA) is 101 Å². The van der Waals surface area contributed by atoms with E-state index in [0.29, 0.717) is 5.69 Å². The molecule has 1 rings (SSSR count). The number of rotatable bonds is 6. The van der Waals surface area contributed by atoms with Crippen molar-refractivity contribution in [3.63, 3.8) is 0 Å². The first kappa shape index (κ1) is 15.0. The molecule has 0 aliphatic carbocycles. The van der Waals surface area contributed by atoms with Crippen LogP contribution in [0.3, 0.4) is 0 Å². The van der Waals surface area contributed by atoms with E-state index in [-0.39, 0.29) is 19.0 Å². The number of nitrogens with zero attached hydrogens (tertiary/aromatic N) is 1. The number of esters is 1. The lowest BCUT2D eigenvalue weighted by molar-refractivity contribution is 0.0513. The van der Waals surface area contributed by atoms with Crippen molar-refractivity contribution in [3.8, 4) is 0 Å². The first-order valence-electron chi connectivity index (χ1n) is 5.18. The Kier molecular flexibility index (Phi) is 5.17. The molecule has 0 spiro atoms. The van der Waals surface area contributed by atoms with Crippen LogP contribution in [0.5, 0.6) is 0 Å². The Morgan fingerprint density at radius 1 is 1.67 bits per heavy atom. The van der Waals surface area contributed by atoms with E-state index in [1.54, 1.807) is 6.92 Å². The summed E-state index contributed by atoms with van der Waals surface area (Å²) in [5.41, 5.74) is 0.539. The number of H-pyrrole nitrogens is 1. The number of aromatic nitrogens is 2. The quantitative estimate of drug-likeness (QED) is 0.510. The van der Waals surface area contributed by atoms with Crippen LogP contribution in [0.25, 0.3) is 0 Å². The van der Waals surface area contributed by atoms with Crippen LogP contribution in [0.2, 0.25) is 0 Å². The van der Waals surface area contributed by atoms with E-state index in [1.165, 1.54) is 6.20 Å². The Labute approximate surface area is 111 Å². The summed E-state index contributed by atoms with van der Waals surface area (Å²) in [4.78, 5) is 17.9. The Balaban J connectivity index is 2.65. The minimum absolute atomic E-state index is 0.0743. The molecule has 0 saturated heterocycles. The zero-order chi connectivity index (χ0) is 13.8. The van der Waals surface area contributed by atoms with Crippen LogP contribution in [0.15, 0.2) is 6.20 Å². The maximum Gasteiger partial charge on any atom is 0.374 e. The summed E-state index contributed by atoms with van der Waals surface area (Å²) in [6.07, 6.45) is 2.48. The lowest BCUT2D eigenvalue weighted by Crippen LogP contribution is -2.25. The van der Waals surface area contributed by atoms with Gasteiger partial charge in [0.25, 0.3) is 0 Å². The first-order chi connectivity index (χ1) is 8.33. The van der Waals surface area contributed by atoms with E-state index in [9.17, 15) is 13.2 Å². The number of sulfonamides is 1. The third kappa shape index (κ3) is 4.67. The van der Waals surface area contributed by atoms with Gasteiger partial charge in [-0.25, -0.2) is 22.9 Å². The molecule has 1 unspecified atom stereocenters. The number of ether oxygens (including phenoxy) is 1. The molecule has 2 N–H and O–H groups in total. The van der Waals surface area contributed by atoms with Crippen molar-refractivity contribution < 1.29 is 17.9 Å². The third-order valence-corrected chi connectivity index (χ3v) is 3.11.